The van der Waals surface area contributed by atoms with Gasteiger partial charge in [0, 0.05) is 36.3 Å². The second-order valence-corrected chi connectivity index (χ2v) is 8.57. The molecule has 0 amide bonds. The van der Waals surface area contributed by atoms with Gasteiger partial charge in [0.15, 0.2) is 5.75 Å². The number of aromatic nitrogens is 3. The number of ether oxygens (including phenoxy) is 1. The zero-order valence-corrected chi connectivity index (χ0v) is 20.2. The highest BCUT2D eigenvalue weighted by molar-refractivity contribution is 5.93. The van der Waals surface area contributed by atoms with Crippen LogP contribution in [0.15, 0.2) is 88.5 Å². The van der Waals surface area contributed by atoms with Crippen LogP contribution in [0.3, 0.4) is 0 Å². The Hall–Kier alpha value is -4.60. The normalized spacial score (nSPS) is 12.9. The molecule has 0 bridgehead atoms. The van der Waals surface area contributed by atoms with Gasteiger partial charge >= 0.3 is 0 Å². The van der Waals surface area contributed by atoms with Crippen molar-refractivity contribution in [2.45, 2.75) is 26.2 Å². The maximum Gasteiger partial charge on any atom is 0.293 e. The first kappa shape index (κ1) is 24.1. The van der Waals surface area contributed by atoms with E-state index in [1.807, 2.05) is 38.1 Å². The van der Waals surface area contributed by atoms with Crippen molar-refractivity contribution in [1.82, 2.24) is 15.0 Å². The third kappa shape index (κ3) is 5.64. The fourth-order valence-corrected chi connectivity index (χ4v) is 3.78. The number of hydrogen-bond acceptors (Lipinski definition) is 8. The third-order valence-electron chi connectivity index (χ3n) is 5.79. The molecule has 0 fully saturated rings. The van der Waals surface area contributed by atoms with E-state index in [2.05, 4.69) is 30.7 Å². The van der Waals surface area contributed by atoms with E-state index in [1.165, 1.54) is 0 Å². The number of aryl methyl sites for hydroxylation is 2. The van der Waals surface area contributed by atoms with Crippen molar-refractivity contribution in [2.75, 3.05) is 11.9 Å². The average molecular weight is 500 g/mol. The van der Waals surface area contributed by atoms with E-state index in [4.69, 9.17) is 9.72 Å². The van der Waals surface area contributed by atoms with Crippen molar-refractivity contribution >= 4 is 17.2 Å². The lowest BCUT2D eigenvalue weighted by Gasteiger charge is -2.16. The van der Waals surface area contributed by atoms with E-state index in [1.54, 1.807) is 48.8 Å². The minimum atomic E-state index is -3.13. The predicted molar refractivity (Wildman–Crippen MR) is 137 cm³/mol. The number of rotatable bonds is 8. The second-order valence-electron chi connectivity index (χ2n) is 8.57. The minimum absolute atomic E-state index is 0.181. The van der Waals surface area contributed by atoms with Gasteiger partial charge in [0.2, 0.25) is 0 Å². The van der Waals surface area contributed by atoms with E-state index < -0.39 is 12.3 Å². The number of nitrogens with one attached hydrogen (secondary N) is 1. The Kier molecular flexibility index (Phi) is 6.63. The summed E-state index contributed by atoms with van der Waals surface area (Å²) in [6.07, 6.45) is 2.81. The van der Waals surface area contributed by atoms with Crippen LogP contribution < -0.4 is 10.1 Å². The second kappa shape index (κ2) is 10.2. The zero-order valence-electron chi connectivity index (χ0n) is 20.2. The summed E-state index contributed by atoms with van der Waals surface area (Å²) in [5.41, 5.74) is 3.94. The number of nitrogens with zero attached hydrogens (tertiary/aromatic N) is 6. The number of halogens is 2. The lowest BCUT2D eigenvalue weighted by Crippen LogP contribution is -2.32. The van der Waals surface area contributed by atoms with Gasteiger partial charge in [0.25, 0.3) is 5.92 Å². The van der Waals surface area contributed by atoms with E-state index >= 15 is 0 Å². The van der Waals surface area contributed by atoms with Crippen LogP contribution in [0, 0.1) is 13.8 Å². The summed E-state index contributed by atoms with van der Waals surface area (Å²) in [4.78, 5) is 13.5. The van der Waals surface area contributed by atoms with Gasteiger partial charge in [0.05, 0.1) is 5.69 Å². The Morgan fingerprint density at radius 2 is 1.86 bits per heavy atom. The Bertz CT molecular complexity index is 1490. The van der Waals surface area contributed by atoms with Crippen LogP contribution in [0.2, 0.25) is 0 Å². The monoisotopic (exact) mass is 499 g/mol. The molecular formula is C27H23F2N7O. The molecule has 10 heteroatoms. The van der Waals surface area contributed by atoms with Crippen LogP contribution in [0.1, 0.15) is 16.8 Å². The summed E-state index contributed by atoms with van der Waals surface area (Å²) in [6.45, 7) is 3.73. The molecule has 0 atom stereocenters. The first-order chi connectivity index (χ1) is 17.9. The molecule has 1 aromatic carbocycles. The summed E-state index contributed by atoms with van der Waals surface area (Å²) in [5, 5.41) is 13.4. The molecule has 0 saturated carbocycles. The van der Waals surface area contributed by atoms with Crippen LogP contribution in [0.5, 0.6) is 11.5 Å². The van der Waals surface area contributed by atoms with E-state index in [9.17, 15) is 8.78 Å². The van der Waals surface area contributed by atoms with Gasteiger partial charge in [-0.1, -0.05) is 18.2 Å². The Morgan fingerprint density at radius 3 is 2.65 bits per heavy atom. The molecule has 8 nitrogen and oxygen atoms in total. The topological polar surface area (TPSA) is 97.0 Å². The highest BCUT2D eigenvalue weighted by Crippen LogP contribution is 2.33. The van der Waals surface area contributed by atoms with E-state index in [0.29, 0.717) is 40.0 Å². The summed E-state index contributed by atoms with van der Waals surface area (Å²) < 4.78 is 35.3. The molecule has 0 spiro atoms. The van der Waals surface area contributed by atoms with Crippen LogP contribution >= 0.6 is 0 Å². The quantitative estimate of drug-likeness (QED) is 0.291. The Balaban J connectivity index is 1.35. The standard InChI is InChI=1S/C27H23F2N7O/c1-17-12-23(26(33-18(17)2)22-8-3-4-10-30-22)37-21-9-11-31-25(14-21)34-20-7-5-6-19(13-20)15-27(28,29)24-16-32-36-35-24/h3-14H,15-16H2,1-2H3,(H,31,34). The zero-order chi connectivity index (χ0) is 25.8. The van der Waals surface area contributed by atoms with Crippen molar-refractivity contribution < 1.29 is 13.5 Å². The molecule has 0 unspecified atom stereocenters. The Morgan fingerprint density at radius 1 is 0.973 bits per heavy atom. The van der Waals surface area contributed by atoms with Crippen molar-refractivity contribution in [3.8, 4) is 22.9 Å². The number of pyridine rings is 3. The summed E-state index contributed by atoms with van der Waals surface area (Å²) in [6, 6.07) is 17.8. The van der Waals surface area contributed by atoms with Gasteiger partial charge in [-0.3, -0.25) is 4.98 Å². The van der Waals surface area contributed by atoms with Crippen molar-refractivity contribution in [3.05, 3.63) is 89.9 Å². The number of hydrogen-bond donors (Lipinski definition) is 1. The third-order valence-corrected chi connectivity index (χ3v) is 5.79. The van der Waals surface area contributed by atoms with E-state index in [-0.39, 0.29) is 12.3 Å². The SMILES string of the molecule is Cc1cc(Oc2ccnc(Nc3cccc(CC(F)(F)C4=NN=NC4)c3)c2)c(-c2ccccn2)nc1C. The van der Waals surface area contributed by atoms with Crippen molar-refractivity contribution in [3.63, 3.8) is 0 Å². The molecule has 4 heterocycles. The highest BCUT2D eigenvalue weighted by Gasteiger charge is 2.37. The molecule has 1 aliphatic rings. The molecule has 4 aromatic rings. The lowest BCUT2D eigenvalue weighted by molar-refractivity contribution is 0.0777. The predicted octanol–water partition coefficient (Wildman–Crippen LogP) is 6.69. The van der Waals surface area contributed by atoms with Gasteiger partial charge in [-0.05, 0) is 66.6 Å². The van der Waals surface area contributed by atoms with Crippen LogP contribution in [0.25, 0.3) is 11.4 Å². The smallest absolute Gasteiger partial charge is 0.293 e. The molecule has 37 heavy (non-hydrogen) atoms. The first-order valence-corrected chi connectivity index (χ1v) is 11.6. The van der Waals surface area contributed by atoms with Gasteiger partial charge in [0.1, 0.15) is 29.5 Å². The lowest BCUT2D eigenvalue weighted by atomic mass is 10.0. The van der Waals surface area contributed by atoms with Gasteiger partial charge < -0.3 is 10.1 Å². The number of anilines is 2. The van der Waals surface area contributed by atoms with E-state index in [0.717, 1.165) is 11.3 Å². The molecule has 0 radical (unpaired) electrons. The molecule has 3 aromatic heterocycles. The molecule has 1 N–H and O–H groups in total. The van der Waals surface area contributed by atoms with Gasteiger partial charge in [-0.25, -0.2) is 9.97 Å². The van der Waals surface area contributed by atoms with Crippen LogP contribution in [0.4, 0.5) is 20.3 Å². The van der Waals surface area contributed by atoms with Gasteiger partial charge in [-0.15, -0.1) is 5.10 Å². The molecule has 186 valence electrons. The maximum absolute atomic E-state index is 14.5. The fraction of sp³-hybridized carbons (Fsp3) is 0.185. The highest BCUT2D eigenvalue weighted by atomic mass is 19.3. The van der Waals surface area contributed by atoms with Crippen LogP contribution in [-0.2, 0) is 6.42 Å². The fourth-order valence-electron chi connectivity index (χ4n) is 3.78. The largest absolute Gasteiger partial charge is 0.455 e. The first-order valence-electron chi connectivity index (χ1n) is 11.6. The molecular weight excluding hydrogens is 476 g/mol. The van der Waals surface area contributed by atoms with Crippen molar-refractivity contribution in [1.29, 1.82) is 0 Å². The maximum atomic E-state index is 14.5. The summed E-state index contributed by atoms with van der Waals surface area (Å²) in [7, 11) is 0. The van der Waals surface area contributed by atoms with Gasteiger partial charge in [-0.2, -0.15) is 13.9 Å². The summed E-state index contributed by atoms with van der Waals surface area (Å²) >= 11 is 0. The van der Waals surface area contributed by atoms with Crippen LogP contribution in [-0.4, -0.2) is 33.1 Å². The number of alkyl halides is 2. The summed E-state index contributed by atoms with van der Waals surface area (Å²) in [5.74, 6) is -1.53. The molecule has 1 aliphatic heterocycles. The van der Waals surface area contributed by atoms with Crippen molar-refractivity contribution in [2.24, 2.45) is 15.4 Å². The molecule has 5 rings (SSSR count). The Labute approximate surface area is 212 Å². The average Bonchev–Trinajstić information content (AvgIpc) is 3.43. The molecule has 0 saturated heterocycles. The number of benzene rings is 1. The minimum Gasteiger partial charge on any atom is -0.455 e. The molecule has 0 aliphatic carbocycles.